The summed E-state index contributed by atoms with van der Waals surface area (Å²) in [5.41, 5.74) is 0.558. The van der Waals surface area contributed by atoms with E-state index in [1.165, 1.54) is 0 Å². The summed E-state index contributed by atoms with van der Waals surface area (Å²) in [6.07, 6.45) is 4.25. The zero-order chi connectivity index (χ0) is 13.8. The highest BCUT2D eigenvalue weighted by molar-refractivity contribution is 9.10. The Morgan fingerprint density at radius 3 is 2.58 bits per heavy atom. The molecule has 1 aromatic heterocycles. The number of carboxylic acids is 1. The second kappa shape index (κ2) is 6.14. The molecule has 0 bridgehead atoms. The summed E-state index contributed by atoms with van der Waals surface area (Å²) in [6.45, 7) is 0. The van der Waals surface area contributed by atoms with Gasteiger partial charge in [0.25, 0.3) is 5.91 Å². The van der Waals surface area contributed by atoms with Gasteiger partial charge in [0.2, 0.25) is 0 Å². The molecule has 19 heavy (non-hydrogen) atoms. The number of hydrogen-bond acceptors (Lipinski definition) is 3. The van der Waals surface area contributed by atoms with Crippen molar-refractivity contribution in [2.45, 2.75) is 31.7 Å². The standard InChI is InChI=1S/C13H15BrN2O3/c14-11-7-9(5-6-15-11)12(17)16-10-3-1-8(2-4-10)13(18)19/h5-8,10H,1-4H2,(H,16,17)(H,18,19). The van der Waals surface area contributed by atoms with Crippen molar-refractivity contribution in [3.63, 3.8) is 0 Å². The molecule has 2 rings (SSSR count). The lowest BCUT2D eigenvalue weighted by atomic mass is 9.86. The number of rotatable bonds is 3. The predicted octanol–water partition coefficient (Wildman–Crippen LogP) is 2.22. The van der Waals surface area contributed by atoms with E-state index in [-0.39, 0.29) is 17.9 Å². The van der Waals surface area contributed by atoms with E-state index >= 15 is 0 Å². The van der Waals surface area contributed by atoms with Crippen molar-refractivity contribution in [3.05, 3.63) is 28.5 Å². The van der Waals surface area contributed by atoms with E-state index in [1.807, 2.05) is 0 Å². The maximum atomic E-state index is 12.0. The van der Waals surface area contributed by atoms with Gasteiger partial charge in [-0.2, -0.15) is 0 Å². The fourth-order valence-electron chi connectivity index (χ4n) is 2.30. The van der Waals surface area contributed by atoms with Gasteiger partial charge in [-0.15, -0.1) is 0 Å². The molecule has 1 aliphatic rings. The molecule has 5 nitrogen and oxygen atoms in total. The number of pyridine rings is 1. The van der Waals surface area contributed by atoms with E-state index in [1.54, 1.807) is 18.3 Å². The molecule has 102 valence electrons. The van der Waals surface area contributed by atoms with E-state index in [4.69, 9.17) is 5.11 Å². The van der Waals surface area contributed by atoms with Crippen molar-refractivity contribution in [1.29, 1.82) is 0 Å². The van der Waals surface area contributed by atoms with Crippen LogP contribution in [0.25, 0.3) is 0 Å². The normalized spacial score (nSPS) is 22.8. The molecule has 0 aromatic carbocycles. The third kappa shape index (κ3) is 3.76. The molecule has 1 amide bonds. The summed E-state index contributed by atoms with van der Waals surface area (Å²) in [7, 11) is 0. The smallest absolute Gasteiger partial charge is 0.306 e. The average molecular weight is 327 g/mol. The Hall–Kier alpha value is -1.43. The molecular formula is C13H15BrN2O3. The Morgan fingerprint density at radius 1 is 1.32 bits per heavy atom. The van der Waals surface area contributed by atoms with E-state index in [0.29, 0.717) is 23.0 Å². The number of aromatic nitrogens is 1. The van der Waals surface area contributed by atoms with Crippen LogP contribution in [0.4, 0.5) is 0 Å². The van der Waals surface area contributed by atoms with Crippen LogP contribution in [0.5, 0.6) is 0 Å². The number of carboxylic acid groups (broad SMARTS) is 1. The molecule has 1 heterocycles. The third-order valence-electron chi connectivity index (χ3n) is 3.40. The fraction of sp³-hybridized carbons (Fsp3) is 0.462. The Balaban J connectivity index is 1.89. The van der Waals surface area contributed by atoms with Crippen molar-refractivity contribution in [2.75, 3.05) is 0 Å². The van der Waals surface area contributed by atoms with Crippen LogP contribution >= 0.6 is 15.9 Å². The first-order valence-electron chi connectivity index (χ1n) is 6.21. The fourth-order valence-corrected chi connectivity index (χ4v) is 2.66. The van der Waals surface area contributed by atoms with Crippen LogP contribution in [-0.4, -0.2) is 28.0 Å². The molecule has 0 radical (unpaired) electrons. The van der Waals surface area contributed by atoms with Gasteiger partial charge in [0.05, 0.1) is 5.92 Å². The van der Waals surface area contributed by atoms with Crippen LogP contribution in [0.1, 0.15) is 36.0 Å². The van der Waals surface area contributed by atoms with Crippen molar-refractivity contribution in [3.8, 4) is 0 Å². The molecule has 2 N–H and O–H groups in total. The first kappa shape index (κ1) is 14.0. The largest absolute Gasteiger partial charge is 0.481 e. The molecular weight excluding hydrogens is 312 g/mol. The summed E-state index contributed by atoms with van der Waals surface area (Å²) in [5.74, 6) is -1.13. The lowest BCUT2D eigenvalue weighted by molar-refractivity contribution is -0.142. The van der Waals surface area contributed by atoms with Crippen molar-refractivity contribution < 1.29 is 14.7 Å². The topological polar surface area (TPSA) is 79.3 Å². The van der Waals surface area contributed by atoms with Gasteiger partial charge in [-0.1, -0.05) is 0 Å². The summed E-state index contributed by atoms with van der Waals surface area (Å²) in [5, 5.41) is 11.9. The van der Waals surface area contributed by atoms with Gasteiger partial charge < -0.3 is 10.4 Å². The molecule has 0 unspecified atom stereocenters. The molecule has 1 aromatic rings. The molecule has 0 aliphatic heterocycles. The van der Waals surface area contributed by atoms with Crippen molar-refractivity contribution >= 4 is 27.8 Å². The average Bonchev–Trinajstić information content (AvgIpc) is 2.39. The van der Waals surface area contributed by atoms with Crippen LogP contribution in [0.2, 0.25) is 0 Å². The summed E-state index contributed by atoms with van der Waals surface area (Å²) < 4.78 is 0.620. The Labute approximate surface area is 119 Å². The minimum absolute atomic E-state index is 0.0649. The van der Waals surface area contributed by atoms with Crippen LogP contribution < -0.4 is 5.32 Å². The quantitative estimate of drug-likeness (QED) is 0.835. The number of hydrogen-bond donors (Lipinski definition) is 2. The summed E-state index contributed by atoms with van der Waals surface area (Å²) in [4.78, 5) is 26.8. The molecule has 0 atom stereocenters. The molecule has 0 saturated heterocycles. The van der Waals surface area contributed by atoms with Gasteiger partial charge >= 0.3 is 5.97 Å². The second-order valence-corrected chi connectivity index (χ2v) is 5.54. The highest BCUT2D eigenvalue weighted by Crippen LogP contribution is 2.24. The second-order valence-electron chi connectivity index (χ2n) is 4.73. The van der Waals surface area contributed by atoms with E-state index in [0.717, 1.165) is 12.8 Å². The molecule has 1 fully saturated rings. The highest BCUT2D eigenvalue weighted by Gasteiger charge is 2.26. The first-order valence-corrected chi connectivity index (χ1v) is 7.01. The summed E-state index contributed by atoms with van der Waals surface area (Å²) >= 11 is 3.22. The maximum Gasteiger partial charge on any atom is 0.306 e. The molecule has 1 aliphatic carbocycles. The van der Waals surface area contributed by atoms with Crippen molar-refractivity contribution in [2.24, 2.45) is 5.92 Å². The van der Waals surface area contributed by atoms with E-state index in [9.17, 15) is 9.59 Å². The van der Waals surface area contributed by atoms with Gasteiger partial charge in [-0.3, -0.25) is 9.59 Å². The molecule has 6 heteroatoms. The number of nitrogens with one attached hydrogen (secondary N) is 1. The highest BCUT2D eigenvalue weighted by atomic mass is 79.9. The Kier molecular flexibility index (Phi) is 4.52. The van der Waals surface area contributed by atoms with Gasteiger partial charge in [0.1, 0.15) is 4.60 Å². The van der Waals surface area contributed by atoms with Gasteiger partial charge in [-0.05, 0) is 53.7 Å². The predicted molar refractivity (Wildman–Crippen MR) is 72.8 cm³/mol. The lowest BCUT2D eigenvalue weighted by Gasteiger charge is -2.26. The zero-order valence-corrected chi connectivity index (χ0v) is 11.9. The maximum absolute atomic E-state index is 12.0. The Morgan fingerprint density at radius 2 is 2.00 bits per heavy atom. The minimum Gasteiger partial charge on any atom is -0.481 e. The number of aliphatic carboxylic acids is 1. The first-order chi connectivity index (χ1) is 9.06. The van der Waals surface area contributed by atoms with Crippen LogP contribution in [-0.2, 0) is 4.79 Å². The number of carbonyl (C=O) groups is 2. The molecule has 0 spiro atoms. The van der Waals surface area contributed by atoms with Crippen LogP contribution in [0.3, 0.4) is 0 Å². The lowest BCUT2D eigenvalue weighted by Crippen LogP contribution is -2.38. The van der Waals surface area contributed by atoms with Crippen LogP contribution in [0, 0.1) is 5.92 Å². The van der Waals surface area contributed by atoms with Crippen molar-refractivity contribution in [1.82, 2.24) is 10.3 Å². The van der Waals surface area contributed by atoms with E-state index in [2.05, 4.69) is 26.2 Å². The monoisotopic (exact) mass is 326 g/mol. The SMILES string of the molecule is O=C(NC1CCC(C(=O)O)CC1)c1ccnc(Br)c1. The number of carbonyl (C=O) groups excluding carboxylic acids is 1. The Bertz CT molecular complexity index is 485. The third-order valence-corrected chi connectivity index (χ3v) is 3.83. The number of halogens is 1. The molecule has 1 saturated carbocycles. The number of amides is 1. The van der Waals surface area contributed by atoms with E-state index < -0.39 is 5.97 Å². The van der Waals surface area contributed by atoms with Crippen LogP contribution in [0.15, 0.2) is 22.9 Å². The van der Waals surface area contributed by atoms with Gasteiger partial charge in [-0.25, -0.2) is 4.98 Å². The minimum atomic E-state index is -0.733. The summed E-state index contributed by atoms with van der Waals surface area (Å²) in [6, 6.07) is 3.39. The number of nitrogens with zero attached hydrogens (tertiary/aromatic N) is 1. The zero-order valence-electron chi connectivity index (χ0n) is 10.3. The van der Waals surface area contributed by atoms with Gasteiger partial charge in [0.15, 0.2) is 0 Å². The van der Waals surface area contributed by atoms with Gasteiger partial charge in [0, 0.05) is 17.8 Å².